The third-order valence-electron chi connectivity index (χ3n) is 6.60. The van der Waals surface area contributed by atoms with Gasteiger partial charge in [0.25, 0.3) is 5.91 Å². The number of anilines is 1. The Hall–Kier alpha value is -3.73. The maximum Gasteiger partial charge on any atom is 0.406 e. The van der Waals surface area contributed by atoms with Gasteiger partial charge < -0.3 is 9.64 Å². The molecule has 2 aromatic carbocycles. The van der Waals surface area contributed by atoms with Crippen molar-refractivity contribution < 1.29 is 27.1 Å². The van der Waals surface area contributed by atoms with Crippen molar-refractivity contribution in [3.8, 4) is 28.1 Å². The fourth-order valence-corrected chi connectivity index (χ4v) is 5.81. The van der Waals surface area contributed by atoms with Crippen molar-refractivity contribution in [3.63, 3.8) is 0 Å². The summed E-state index contributed by atoms with van der Waals surface area (Å²) < 4.78 is 61.7. The van der Waals surface area contributed by atoms with Crippen LogP contribution in [0.5, 0.6) is 5.75 Å². The van der Waals surface area contributed by atoms with Crippen molar-refractivity contribution >= 4 is 22.9 Å². The minimum Gasteiger partial charge on any atom is -0.496 e. The molecule has 11 heteroatoms. The van der Waals surface area contributed by atoms with Crippen molar-refractivity contribution in [1.82, 2.24) is 15.0 Å². The second-order valence-electron chi connectivity index (χ2n) is 9.16. The number of aromatic nitrogens is 3. The zero-order chi connectivity index (χ0) is 27.2. The number of ether oxygens (including phenoxy) is 1. The number of aryl methyl sites for hydroxylation is 2. The Balaban J connectivity index is 1.48. The molecular weight excluding hydrogens is 520 g/mol. The van der Waals surface area contributed by atoms with Crippen LogP contribution in [-0.4, -0.2) is 40.7 Å². The maximum atomic E-state index is 14.5. The van der Waals surface area contributed by atoms with Crippen molar-refractivity contribution in [2.24, 2.45) is 0 Å². The third-order valence-corrected chi connectivity index (χ3v) is 7.57. The summed E-state index contributed by atoms with van der Waals surface area (Å²) >= 11 is 1.69. The summed E-state index contributed by atoms with van der Waals surface area (Å²) in [6.45, 7) is 2.56. The van der Waals surface area contributed by atoms with Crippen LogP contribution in [0.2, 0.25) is 0 Å². The summed E-state index contributed by atoms with van der Waals surface area (Å²) in [6, 6.07) is 10.4. The average Bonchev–Trinajstić information content (AvgIpc) is 3.45. The molecule has 0 spiro atoms. The number of amides is 1. The Bertz CT molecular complexity index is 1510. The first-order chi connectivity index (χ1) is 18.1. The van der Waals surface area contributed by atoms with E-state index in [1.54, 1.807) is 18.4 Å². The number of fused-ring (bicyclic) bond motifs is 1. The number of methoxy groups -OCH3 is 1. The van der Waals surface area contributed by atoms with Gasteiger partial charge in [-0.2, -0.15) is 13.2 Å². The second kappa shape index (κ2) is 9.86. The van der Waals surface area contributed by atoms with E-state index in [0.29, 0.717) is 21.9 Å². The Morgan fingerprint density at radius 2 is 1.92 bits per heavy atom. The van der Waals surface area contributed by atoms with Gasteiger partial charge in [0.2, 0.25) is 0 Å². The van der Waals surface area contributed by atoms with Crippen LogP contribution in [-0.2, 0) is 11.2 Å². The molecule has 3 heterocycles. The molecule has 0 fully saturated rings. The van der Waals surface area contributed by atoms with E-state index in [1.807, 2.05) is 32.0 Å². The fourth-order valence-electron chi connectivity index (χ4n) is 4.87. The lowest BCUT2D eigenvalue weighted by molar-refractivity contribution is -0.134. The van der Waals surface area contributed by atoms with Gasteiger partial charge in [-0.25, -0.2) is 9.07 Å². The number of nitrogens with zero attached hydrogens (tertiary/aromatic N) is 4. The van der Waals surface area contributed by atoms with E-state index in [-0.39, 0.29) is 24.1 Å². The zero-order valence-corrected chi connectivity index (χ0v) is 21.7. The van der Waals surface area contributed by atoms with Crippen LogP contribution in [0.15, 0.2) is 48.7 Å². The van der Waals surface area contributed by atoms with E-state index in [9.17, 15) is 22.4 Å². The summed E-state index contributed by atoms with van der Waals surface area (Å²) in [7, 11) is 1.57. The minimum absolute atomic E-state index is 0.0724. The predicted octanol–water partition coefficient (Wildman–Crippen LogP) is 6.52. The lowest BCUT2D eigenvalue weighted by atomic mass is 10.0. The number of rotatable bonds is 5. The molecule has 0 bridgehead atoms. The van der Waals surface area contributed by atoms with Gasteiger partial charge in [-0.15, -0.1) is 16.4 Å². The normalized spacial score (nSPS) is 15.9. The topological polar surface area (TPSA) is 60.2 Å². The van der Waals surface area contributed by atoms with Gasteiger partial charge in [0, 0.05) is 26.4 Å². The first-order valence-electron chi connectivity index (χ1n) is 11.9. The summed E-state index contributed by atoms with van der Waals surface area (Å²) in [6.07, 6.45) is -3.00. The molecule has 4 aromatic rings. The summed E-state index contributed by atoms with van der Waals surface area (Å²) in [5.41, 5.74) is 3.09. The van der Waals surface area contributed by atoms with E-state index in [1.165, 1.54) is 34.0 Å². The van der Waals surface area contributed by atoms with Gasteiger partial charge in [0.15, 0.2) is 0 Å². The Morgan fingerprint density at radius 1 is 1.13 bits per heavy atom. The van der Waals surface area contributed by atoms with Crippen LogP contribution in [0.25, 0.3) is 22.4 Å². The van der Waals surface area contributed by atoms with Gasteiger partial charge >= 0.3 is 6.18 Å². The molecule has 1 aliphatic rings. The molecule has 5 rings (SSSR count). The molecule has 2 aromatic heterocycles. The molecule has 6 nitrogen and oxygen atoms in total. The standard InChI is InChI=1S/C27H24F4N4O2S/c1-15-11-20(16(2)38-15)18-8-7-17(12-25(18)37-3)22-13-35(33-32-22)24-10-9-19-21(28)5-4-6-23(19)34(26(24)36)14-27(29,30)31/h4-8,11-13,24H,9-10,14H2,1-3H3. The number of halogens is 4. The highest BCUT2D eigenvalue weighted by Gasteiger charge is 2.40. The second-order valence-corrected chi connectivity index (χ2v) is 10.6. The number of thiophene rings is 1. The smallest absolute Gasteiger partial charge is 0.406 e. The van der Waals surface area contributed by atoms with E-state index >= 15 is 0 Å². The lowest BCUT2D eigenvalue weighted by Gasteiger charge is -2.26. The molecule has 0 radical (unpaired) electrons. The number of alkyl halides is 3. The van der Waals surface area contributed by atoms with Crippen LogP contribution >= 0.6 is 11.3 Å². The molecule has 198 valence electrons. The third kappa shape index (κ3) is 4.90. The first-order valence-corrected chi connectivity index (χ1v) is 12.7. The van der Waals surface area contributed by atoms with Crippen LogP contribution in [0.4, 0.5) is 23.2 Å². The number of hydrogen-bond donors (Lipinski definition) is 0. The summed E-state index contributed by atoms with van der Waals surface area (Å²) in [5, 5.41) is 8.27. The Kier molecular flexibility index (Phi) is 6.72. The van der Waals surface area contributed by atoms with E-state index in [2.05, 4.69) is 16.4 Å². The molecule has 1 aliphatic heterocycles. The highest BCUT2D eigenvalue weighted by Crippen LogP contribution is 2.39. The fraction of sp³-hybridized carbons (Fsp3) is 0.296. The van der Waals surface area contributed by atoms with E-state index < -0.39 is 30.5 Å². The molecule has 0 aliphatic carbocycles. The number of hydrogen-bond acceptors (Lipinski definition) is 5. The molecule has 1 amide bonds. The minimum atomic E-state index is -4.67. The zero-order valence-electron chi connectivity index (χ0n) is 20.8. The number of carbonyl (C=O) groups is 1. The van der Waals surface area contributed by atoms with Crippen molar-refractivity contribution in [1.29, 1.82) is 0 Å². The van der Waals surface area contributed by atoms with E-state index in [4.69, 9.17) is 4.74 Å². The highest BCUT2D eigenvalue weighted by atomic mass is 32.1. The molecule has 1 unspecified atom stereocenters. The van der Waals surface area contributed by atoms with Crippen molar-refractivity contribution in [3.05, 3.63) is 69.8 Å². The molecule has 0 saturated heterocycles. The SMILES string of the molecule is COc1cc(-c2cn(C3CCc4c(F)cccc4N(CC(F)(F)F)C3=O)nn2)ccc1-c1cc(C)sc1C. The van der Waals surface area contributed by atoms with E-state index in [0.717, 1.165) is 16.0 Å². The predicted molar refractivity (Wildman–Crippen MR) is 137 cm³/mol. The van der Waals surface area contributed by atoms with Gasteiger partial charge in [0.05, 0.1) is 19.0 Å². The van der Waals surface area contributed by atoms with Crippen LogP contribution < -0.4 is 9.64 Å². The number of carbonyl (C=O) groups excluding carboxylic acids is 1. The molecule has 1 atom stereocenters. The van der Waals surface area contributed by atoms with Crippen LogP contribution in [0.3, 0.4) is 0 Å². The van der Waals surface area contributed by atoms with Crippen molar-refractivity contribution in [2.45, 2.75) is 38.9 Å². The van der Waals surface area contributed by atoms with Gasteiger partial charge in [-0.05, 0) is 62.6 Å². The lowest BCUT2D eigenvalue weighted by Crippen LogP contribution is -2.42. The monoisotopic (exact) mass is 544 g/mol. The first kappa shape index (κ1) is 25.9. The van der Waals surface area contributed by atoms with Gasteiger partial charge in [-0.1, -0.05) is 17.3 Å². The average molecular weight is 545 g/mol. The summed E-state index contributed by atoms with van der Waals surface area (Å²) in [4.78, 5) is 16.3. The van der Waals surface area contributed by atoms with Gasteiger partial charge in [0.1, 0.15) is 29.8 Å². The molecule has 0 N–H and O–H groups in total. The molecular formula is C27H24F4N4O2S. The van der Waals surface area contributed by atoms with Crippen LogP contribution in [0, 0.1) is 19.7 Å². The number of benzene rings is 2. The highest BCUT2D eigenvalue weighted by molar-refractivity contribution is 7.12. The quantitative estimate of drug-likeness (QED) is 0.269. The Labute approximate surface area is 220 Å². The van der Waals surface area contributed by atoms with Crippen LogP contribution in [0.1, 0.15) is 27.8 Å². The van der Waals surface area contributed by atoms with Crippen molar-refractivity contribution in [2.75, 3.05) is 18.6 Å². The largest absolute Gasteiger partial charge is 0.496 e. The molecule has 0 saturated carbocycles. The maximum absolute atomic E-state index is 14.5. The summed E-state index contributed by atoms with van der Waals surface area (Å²) in [5.74, 6) is -0.837. The van der Waals surface area contributed by atoms with Gasteiger partial charge in [-0.3, -0.25) is 4.79 Å². The Morgan fingerprint density at radius 3 is 2.61 bits per heavy atom. The molecule has 38 heavy (non-hydrogen) atoms.